The van der Waals surface area contributed by atoms with Gasteiger partial charge in [0.15, 0.2) is 5.82 Å². The number of aryl methyl sites for hydroxylation is 1. The standard InChI is InChI=1S/C16H23N5O/c1-4-14-17-8-12-5-6-21(9-13(12)18-14)10-15-19-16(22-20-15)7-11(2)3/h8,11H,4-7,9-10H2,1-3H3. The van der Waals surface area contributed by atoms with Crippen LogP contribution in [0.25, 0.3) is 0 Å². The van der Waals surface area contributed by atoms with Gasteiger partial charge in [0.25, 0.3) is 0 Å². The van der Waals surface area contributed by atoms with E-state index in [0.29, 0.717) is 12.5 Å². The second-order valence-electron chi connectivity index (χ2n) is 6.27. The summed E-state index contributed by atoms with van der Waals surface area (Å²) in [5.74, 6) is 2.94. The van der Waals surface area contributed by atoms with Crippen LogP contribution in [0.3, 0.4) is 0 Å². The zero-order chi connectivity index (χ0) is 15.5. The predicted octanol–water partition coefficient (Wildman–Crippen LogP) is 2.18. The molecule has 2 aromatic rings. The van der Waals surface area contributed by atoms with Crippen LogP contribution in [0.2, 0.25) is 0 Å². The Labute approximate surface area is 131 Å². The highest BCUT2D eigenvalue weighted by atomic mass is 16.5. The summed E-state index contributed by atoms with van der Waals surface area (Å²) < 4.78 is 5.31. The second kappa shape index (κ2) is 6.52. The number of fused-ring (bicyclic) bond motifs is 1. The highest BCUT2D eigenvalue weighted by Gasteiger charge is 2.20. The van der Waals surface area contributed by atoms with Crippen molar-refractivity contribution in [1.29, 1.82) is 0 Å². The van der Waals surface area contributed by atoms with Crippen LogP contribution in [0.1, 0.15) is 49.6 Å². The SMILES string of the molecule is CCc1ncc2c(n1)CN(Cc1noc(CC(C)C)n1)CC2. The van der Waals surface area contributed by atoms with Crippen LogP contribution in [0.5, 0.6) is 0 Å². The van der Waals surface area contributed by atoms with Crippen LogP contribution in [0.15, 0.2) is 10.7 Å². The second-order valence-corrected chi connectivity index (χ2v) is 6.27. The summed E-state index contributed by atoms with van der Waals surface area (Å²) in [6.45, 7) is 8.91. The first-order chi connectivity index (χ1) is 10.6. The number of aromatic nitrogens is 4. The van der Waals surface area contributed by atoms with Crippen LogP contribution in [-0.4, -0.2) is 31.6 Å². The van der Waals surface area contributed by atoms with Gasteiger partial charge in [-0.1, -0.05) is 25.9 Å². The van der Waals surface area contributed by atoms with Gasteiger partial charge in [0.2, 0.25) is 5.89 Å². The summed E-state index contributed by atoms with van der Waals surface area (Å²) in [7, 11) is 0. The fourth-order valence-electron chi connectivity index (χ4n) is 2.69. The lowest BCUT2D eigenvalue weighted by atomic mass is 10.1. The molecule has 0 amide bonds. The molecule has 0 unspecified atom stereocenters. The number of hydrogen-bond acceptors (Lipinski definition) is 6. The summed E-state index contributed by atoms with van der Waals surface area (Å²) in [5.41, 5.74) is 2.41. The molecule has 0 aromatic carbocycles. The number of nitrogens with zero attached hydrogens (tertiary/aromatic N) is 5. The number of rotatable bonds is 5. The molecule has 0 saturated heterocycles. The van der Waals surface area contributed by atoms with E-state index in [0.717, 1.165) is 55.6 Å². The molecular formula is C16H23N5O. The maximum absolute atomic E-state index is 5.31. The van der Waals surface area contributed by atoms with Gasteiger partial charge in [0.05, 0.1) is 12.2 Å². The molecule has 0 N–H and O–H groups in total. The minimum atomic E-state index is 0.527. The molecule has 0 aliphatic carbocycles. The molecule has 22 heavy (non-hydrogen) atoms. The molecule has 3 heterocycles. The highest BCUT2D eigenvalue weighted by Crippen LogP contribution is 2.18. The molecule has 1 aliphatic rings. The van der Waals surface area contributed by atoms with E-state index in [9.17, 15) is 0 Å². The zero-order valence-electron chi connectivity index (χ0n) is 13.5. The van der Waals surface area contributed by atoms with Crippen molar-refractivity contribution in [2.24, 2.45) is 5.92 Å². The highest BCUT2D eigenvalue weighted by molar-refractivity contribution is 5.20. The molecule has 0 radical (unpaired) electrons. The minimum absolute atomic E-state index is 0.527. The molecular weight excluding hydrogens is 278 g/mol. The fraction of sp³-hybridized carbons (Fsp3) is 0.625. The molecule has 0 fully saturated rings. The van der Waals surface area contributed by atoms with Crippen molar-refractivity contribution in [2.45, 2.75) is 53.1 Å². The maximum atomic E-state index is 5.31. The van der Waals surface area contributed by atoms with Gasteiger partial charge in [-0.05, 0) is 17.9 Å². The lowest BCUT2D eigenvalue weighted by Gasteiger charge is -2.26. The normalized spacial score (nSPS) is 15.3. The van der Waals surface area contributed by atoms with Gasteiger partial charge in [-0.25, -0.2) is 9.97 Å². The Morgan fingerprint density at radius 2 is 2.14 bits per heavy atom. The number of hydrogen-bond donors (Lipinski definition) is 0. The first kappa shape index (κ1) is 15.1. The third kappa shape index (κ3) is 3.50. The van der Waals surface area contributed by atoms with Crippen LogP contribution < -0.4 is 0 Å². The van der Waals surface area contributed by atoms with Crippen LogP contribution in [0, 0.1) is 5.92 Å². The molecule has 0 saturated carbocycles. The lowest BCUT2D eigenvalue weighted by molar-refractivity contribution is 0.231. The molecule has 0 atom stereocenters. The van der Waals surface area contributed by atoms with Crippen molar-refractivity contribution >= 4 is 0 Å². The molecule has 6 nitrogen and oxygen atoms in total. The molecule has 118 valence electrons. The Balaban J connectivity index is 1.65. The van der Waals surface area contributed by atoms with Crippen molar-refractivity contribution in [3.8, 4) is 0 Å². The Bertz CT molecular complexity index is 637. The van der Waals surface area contributed by atoms with Gasteiger partial charge in [-0.2, -0.15) is 4.98 Å². The predicted molar refractivity (Wildman–Crippen MR) is 82.1 cm³/mol. The van der Waals surface area contributed by atoms with Gasteiger partial charge >= 0.3 is 0 Å². The van der Waals surface area contributed by atoms with E-state index in [-0.39, 0.29) is 0 Å². The van der Waals surface area contributed by atoms with E-state index in [1.54, 1.807) is 0 Å². The van der Waals surface area contributed by atoms with Gasteiger partial charge in [-0.15, -0.1) is 0 Å². The molecule has 2 aromatic heterocycles. The van der Waals surface area contributed by atoms with Crippen molar-refractivity contribution in [1.82, 2.24) is 25.0 Å². The smallest absolute Gasteiger partial charge is 0.226 e. The van der Waals surface area contributed by atoms with Crippen LogP contribution in [-0.2, 0) is 32.4 Å². The van der Waals surface area contributed by atoms with Gasteiger partial charge < -0.3 is 4.52 Å². The molecule has 0 spiro atoms. The Morgan fingerprint density at radius 3 is 2.91 bits per heavy atom. The monoisotopic (exact) mass is 301 g/mol. The molecule has 6 heteroatoms. The van der Waals surface area contributed by atoms with Crippen molar-refractivity contribution in [2.75, 3.05) is 6.54 Å². The topological polar surface area (TPSA) is 67.9 Å². The first-order valence-corrected chi connectivity index (χ1v) is 8.01. The first-order valence-electron chi connectivity index (χ1n) is 8.01. The van der Waals surface area contributed by atoms with E-state index in [2.05, 4.69) is 45.8 Å². The summed E-state index contributed by atoms with van der Waals surface area (Å²) in [6, 6.07) is 0. The summed E-state index contributed by atoms with van der Waals surface area (Å²) in [4.78, 5) is 15.8. The Kier molecular flexibility index (Phi) is 4.47. The summed E-state index contributed by atoms with van der Waals surface area (Å²) in [5, 5.41) is 4.09. The summed E-state index contributed by atoms with van der Waals surface area (Å²) >= 11 is 0. The van der Waals surface area contributed by atoms with E-state index in [4.69, 9.17) is 4.52 Å². The van der Waals surface area contributed by atoms with Crippen molar-refractivity contribution < 1.29 is 4.52 Å². The maximum Gasteiger partial charge on any atom is 0.226 e. The average molecular weight is 301 g/mol. The molecule has 3 rings (SSSR count). The average Bonchev–Trinajstić information content (AvgIpc) is 2.92. The quantitative estimate of drug-likeness (QED) is 0.843. The van der Waals surface area contributed by atoms with Gasteiger partial charge in [0, 0.05) is 32.1 Å². The summed E-state index contributed by atoms with van der Waals surface area (Å²) in [6.07, 6.45) is 4.67. The zero-order valence-corrected chi connectivity index (χ0v) is 13.5. The van der Waals surface area contributed by atoms with E-state index in [1.807, 2.05) is 6.20 Å². The molecule has 0 bridgehead atoms. The minimum Gasteiger partial charge on any atom is -0.339 e. The van der Waals surface area contributed by atoms with Gasteiger partial charge in [0.1, 0.15) is 5.82 Å². The van der Waals surface area contributed by atoms with E-state index in [1.165, 1.54) is 5.56 Å². The largest absolute Gasteiger partial charge is 0.339 e. The van der Waals surface area contributed by atoms with Crippen LogP contribution in [0.4, 0.5) is 0 Å². The third-order valence-electron chi connectivity index (χ3n) is 3.85. The third-order valence-corrected chi connectivity index (χ3v) is 3.85. The Morgan fingerprint density at radius 1 is 1.27 bits per heavy atom. The fourth-order valence-corrected chi connectivity index (χ4v) is 2.69. The van der Waals surface area contributed by atoms with E-state index < -0.39 is 0 Å². The van der Waals surface area contributed by atoms with E-state index >= 15 is 0 Å². The lowest BCUT2D eigenvalue weighted by Crippen LogP contribution is -2.31. The van der Waals surface area contributed by atoms with Crippen LogP contribution >= 0.6 is 0 Å². The van der Waals surface area contributed by atoms with Gasteiger partial charge in [-0.3, -0.25) is 4.90 Å². The van der Waals surface area contributed by atoms with Crippen molar-refractivity contribution in [3.05, 3.63) is 35.0 Å². The molecule has 1 aliphatic heterocycles. The Hall–Kier alpha value is -1.82. The van der Waals surface area contributed by atoms with Crippen molar-refractivity contribution in [3.63, 3.8) is 0 Å².